The molecule has 0 bridgehead atoms. The molecule has 5 heteroatoms. The van der Waals surface area contributed by atoms with Crippen LogP contribution >= 0.6 is 0 Å². The van der Waals surface area contributed by atoms with E-state index in [-0.39, 0.29) is 11.7 Å². The van der Waals surface area contributed by atoms with Gasteiger partial charge in [0.15, 0.2) is 0 Å². The Bertz CT molecular complexity index is 207. The third-order valence-corrected chi connectivity index (χ3v) is 0.728. The number of nitrogens with two attached hydrogens (primary N) is 1. The second-order valence-corrected chi connectivity index (χ2v) is 1.63. The minimum atomic E-state index is -0.293. The summed E-state index contributed by atoms with van der Waals surface area (Å²) in [5.41, 5.74) is 5.07. The largest absolute Gasteiger partial charge is 0.384 e. The lowest BCUT2D eigenvalue weighted by atomic mass is 10.7. The van der Waals surface area contributed by atoms with Gasteiger partial charge in [-0.2, -0.15) is 0 Å². The van der Waals surface area contributed by atoms with Crippen LogP contribution in [0.5, 0.6) is 0 Å². The fourth-order valence-corrected chi connectivity index (χ4v) is 0.273. The quantitative estimate of drug-likeness (QED) is 0.415. The van der Waals surface area contributed by atoms with Gasteiger partial charge in [0.25, 0.3) is 5.91 Å². The molecule has 0 heterocycles. The Morgan fingerprint density at radius 3 is 2.82 bits per heavy atom. The smallest absolute Gasteiger partial charge is 0.262 e. The Balaban J connectivity index is 3.77. The maximum absolute atomic E-state index is 10.5. The molecule has 0 aliphatic heterocycles. The highest BCUT2D eigenvalue weighted by molar-refractivity contribution is 6.27. The average molecular weight is 154 g/mol. The van der Waals surface area contributed by atoms with Crippen LogP contribution in [0.25, 0.3) is 0 Å². The molecule has 5 nitrogen and oxygen atoms in total. The number of hydrogen-bond acceptors (Lipinski definition) is 3. The molecule has 1 amide bonds. The summed E-state index contributed by atoms with van der Waals surface area (Å²) in [6, 6.07) is 0. The molecule has 0 atom stereocenters. The Hall–Kier alpha value is -1.65. The first-order chi connectivity index (χ1) is 5.16. The van der Waals surface area contributed by atoms with Crippen molar-refractivity contribution < 1.29 is 4.79 Å². The molecule has 0 aromatic heterocycles. The molecule has 3 N–H and O–H groups in total. The van der Waals surface area contributed by atoms with E-state index in [0.29, 0.717) is 0 Å². The van der Waals surface area contributed by atoms with Gasteiger partial charge < -0.3 is 11.1 Å². The van der Waals surface area contributed by atoms with Crippen LogP contribution in [0.4, 0.5) is 0 Å². The second kappa shape index (κ2) is 5.16. The van der Waals surface area contributed by atoms with Gasteiger partial charge in [-0.1, -0.05) is 6.58 Å². The van der Waals surface area contributed by atoms with Crippen LogP contribution in [0.3, 0.4) is 0 Å². The van der Waals surface area contributed by atoms with Gasteiger partial charge in [-0.05, 0) is 0 Å². The summed E-state index contributed by atoms with van der Waals surface area (Å²) in [7, 11) is 1.51. The van der Waals surface area contributed by atoms with Crippen LogP contribution in [0.2, 0.25) is 0 Å². The SMILES string of the molecule is C=C(N)/N=C\N=C\C(=O)NC. The Labute approximate surface area is 64.7 Å². The second-order valence-electron chi connectivity index (χ2n) is 1.63. The van der Waals surface area contributed by atoms with Crippen molar-refractivity contribution in [3.63, 3.8) is 0 Å². The van der Waals surface area contributed by atoms with Crippen molar-refractivity contribution in [2.75, 3.05) is 7.05 Å². The summed E-state index contributed by atoms with van der Waals surface area (Å²) < 4.78 is 0. The molecule has 11 heavy (non-hydrogen) atoms. The van der Waals surface area contributed by atoms with E-state index < -0.39 is 0 Å². The topological polar surface area (TPSA) is 79.8 Å². The molecule has 0 saturated carbocycles. The van der Waals surface area contributed by atoms with E-state index in [2.05, 4.69) is 21.9 Å². The molecule has 0 radical (unpaired) electrons. The number of aliphatic imine (C=N–C) groups is 2. The number of hydrogen-bond donors (Lipinski definition) is 2. The molecule has 0 aromatic carbocycles. The van der Waals surface area contributed by atoms with E-state index >= 15 is 0 Å². The molecule has 0 saturated heterocycles. The van der Waals surface area contributed by atoms with Crippen molar-refractivity contribution in [2.45, 2.75) is 0 Å². The van der Waals surface area contributed by atoms with Gasteiger partial charge in [-0.15, -0.1) is 0 Å². The normalized spacial score (nSPS) is 10.6. The van der Waals surface area contributed by atoms with Gasteiger partial charge >= 0.3 is 0 Å². The highest BCUT2D eigenvalue weighted by atomic mass is 16.1. The molecule has 0 unspecified atom stereocenters. The monoisotopic (exact) mass is 154 g/mol. The van der Waals surface area contributed by atoms with Crippen molar-refractivity contribution in [1.82, 2.24) is 5.32 Å². The number of nitrogens with one attached hydrogen (secondary N) is 1. The first-order valence-corrected chi connectivity index (χ1v) is 2.88. The molecule has 0 aliphatic rings. The lowest BCUT2D eigenvalue weighted by molar-refractivity contribution is -0.113. The summed E-state index contributed by atoms with van der Waals surface area (Å²) >= 11 is 0. The number of carbonyl (C=O) groups is 1. The summed E-state index contributed by atoms with van der Waals surface area (Å²) in [6.07, 6.45) is 2.24. The van der Waals surface area contributed by atoms with E-state index in [1.807, 2.05) is 0 Å². The maximum atomic E-state index is 10.5. The number of amides is 1. The third-order valence-electron chi connectivity index (χ3n) is 0.728. The number of rotatable bonds is 3. The summed E-state index contributed by atoms with van der Waals surface area (Å²) in [5, 5.41) is 2.35. The van der Waals surface area contributed by atoms with Gasteiger partial charge in [0.2, 0.25) is 0 Å². The Morgan fingerprint density at radius 1 is 1.73 bits per heavy atom. The fourth-order valence-electron chi connectivity index (χ4n) is 0.273. The molecule has 0 fully saturated rings. The first kappa shape index (κ1) is 9.35. The predicted molar refractivity (Wildman–Crippen MR) is 44.4 cm³/mol. The van der Waals surface area contributed by atoms with Crippen molar-refractivity contribution in [2.24, 2.45) is 15.7 Å². The van der Waals surface area contributed by atoms with Crippen LogP contribution in [-0.4, -0.2) is 25.5 Å². The first-order valence-electron chi connectivity index (χ1n) is 2.88. The van der Waals surface area contributed by atoms with Gasteiger partial charge in [0.05, 0.1) is 6.21 Å². The van der Waals surface area contributed by atoms with E-state index in [9.17, 15) is 4.79 Å². The van der Waals surface area contributed by atoms with Crippen LogP contribution in [0, 0.1) is 0 Å². The molecule has 0 spiro atoms. The predicted octanol–water partition coefficient (Wildman–Crippen LogP) is -0.739. The van der Waals surface area contributed by atoms with Crippen molar-refractivity contribution in [3.8, 4) is 0 Å². The highest BCUT2D eigenvalue weighted by Crippen LogP contribution is 1.74. The minimum Gasteiger partial charge on any atom is -0.384 e. The Kier molecular flexibility index (Phi) is 4.39. The van der Waals surface area contributed by atoms with Crippen molar-refractivity contribution >= 4 is 18.5 Å². The van der Waals surface area contributed by atoms with E-state index in [1.165, 1.54) is 7.05 Å². The van der Waals surface area contributed by atoms with E-state index in [0.717, 1.165) is 12.6 Å². The summed E-state index contributed by atoms with van der Waals surface area (Å²) in [6.45, 7) is 3.30. The van der Waals surface area contributed by atoms with Crippen LogP contribution in [0.1, 0.15) is 0 Å². The Morgan fingerprint density at radius 2 is 2.36 bits per heavy atom. The van der Waals surface area contributed by atoms with Crippen LogP contribution in [0.15, 0.2) is 22.4 Å². The fraction of sp³-hybridized carbons (Fsp3) is 0.167. The molecular weight excluding hydrogens is 144 g/mol. The van der Waals surface area contributed by atoms with Crippen LogP contribution in [-0.2, 0) is 4.79 Å². The number of carbonyl (C=O) groups excluding carboxylic acids is 1. The van der Waals surface area contributed by atoms with E-state index in [4.69, 9.17) is 5.73 Å². The van der Waals surface area contributed by atoms with Gasteiger partial charge in [0, 0.05) is 7.05 Å². The molecule has 0 aliphatic carbocycles. The van der Waals surface area contributed by atoms with Gasteiger partial charge in [-0.25, -0.2) is 9.98 Å². The van der Waals surface area contributed by atoms with Crippen LogP contribution < -0.4 is 11.1 Å². The maximum Gasteiger partial charge on any atom is 0.262 e. The average Bonchev–Trinajstić information content (AvgIpc) is 1.97. The van der Waals surface area contributed by atoms with Crippen molar-refractivity contribution in [1.29, 1.82) is 0 Å². The lowest BCUT2D eigenvalue weighted by Crippen LogP contribution is -2.18. The third kappa shape index (κ3) is 6.23. The van der Waals surface area contributed by atoms with E-state index in [1.54, 1.807) is 0 Å². The van der Waals surface area contributed by atoms with Crippen molar-refractivity contribution in [3.05, 3.63) is 12.4 Å². The highest BCUT2D eigenvalue weighted by Gasteiger charge is 1.85. The number of nitrogens with zero attached hydrogens (tertiary/aromatic N) is 2. The van der Waals surface area contributed by atoms with Gasteiger partial charge in [0.1, 0.15) is 12.2 Å². The summed E-state index contributed by atoms with van der Waals surface area (Å²) in [4.78, 5) is 17.5. The lowest BCUT2D eigenvalue weighted by Gasteiger charge is -1.85. The standard InChI is InChI=1S/C6H10N4O/c1-5(7)10-4-9-3-6(11)8-2/h3-4H,1,7H2,2H3,(H,8,11)/b9-3+,10-4-. The molecule has 0 aromatic rings. The minimum absolute atomic E-state index is 0.152. The molecular formula is C6H10N4O. The molecule has 0 rings (SSSR count). The zero-order valence-corrected chi connectivity index (χ0v) is 6.24. The molecule has 60 valence electrons. The zero-order chi connectivity index (χ0) is 8.69. The van der Waals surface area contributed by atoms with Gasteiger partial charge in [-0.3, -0.25) is 4.79 Å². The summed E-state index contributed by atoms with van der Waals surface area (Å²) in [5.74, 6) is -0.141. The zero-order valence-electron chi connectivity index (χ0n) is 6.24.